The van der Waals surface area contributed by atoms with Gasteiger partial charge in [-0.05, 0) is 44.2 Å². The van der Waals surface area contributed by atoms with Gasteiger partial charge in [0.1, 0.15) is 22.7 Å². The minimum Gasteiger partial charge on any atom is -0.462 e. The lowest BCUT2D eigenvalue weighted by Crippen LogP contribution is -2.09. The fourth-order valence-electron chi connectivity index (χ4n) is 2.51. The second kappa shape index (κ2) is 6.99. The van der Waals surface area contributed by atoms with Crippen LogP contribution < -0.4 is 4.74 Å². The molecule has 5 nitrogen and oxygen atoms in total. The lowest BCUT2D eigenvalue weighted by atomic mass is 10.1. The summed E-state index contributed by atoms with van der Waals surface area (Å²) in [6.07, 6.45) is 0. The zero-order valence-electron chi connectivity index (χ0n) is 13.7. The van der Waals surface area contributed by atoms with E-state index in [-0.39, 0.29) is 17.9 Å². The van der Waals surface area contributed by atoms with Crippen molar-refractivity contribution < 1.29 is 23.5 Å². The molecule has 0 bridgehead atoms. The standard InChI is InChI=1S/C19H15ClO5/c1-3-23-19(22)17-11(2)24-16-9-8-12(10-14(16)17)25-18(21)13-6-4-5-7-15(13)20/h4-10H,3H2,1-2H3. The number of carbonyl (C=O) groups is 2. The Morgan fingerprint density at radius 1 is 1.12 bits per heavy atom. The Kier molecular flexibility index (Phi) is 4.76. The molecule has 0 amide bonds. The Balaban J connectivity index is 1.95. The van der Waals surface area contributed by atoms with E-state index in [0.29, 0.717) is 27.3 Å². The Morgan fingerprint density at radius 2 is 1.88 bits per heavy atom. The van der Waals surface area contributed by atoms with Crippen molar-refractivity contribution in [3.63, 3.8) is 0 Å². The highest BCUT2D eigenvalue weighted by molar-refractivity contribution is 6.33. The first-order valence-corrected chi connectivity index (χ1v) is 8.06. The number of fused-ring (bicyclic) bond motifs is 1. The summed E-state index contributed by atoms with van der Waals surface area (Å²) in [6.45, 7) is 3.67. The van der Waals surface area contributed by atoms with Crippen LogP contribution in [0.5, 0.6) is 5.75 Å². The second-order valence-electron chi connectivity index (χ2n) is 5.28. The Hall–Kier alpha value is -2.79. The highest BCUT2D eigenvalue weighted by Crippen LogP contribution is 2.30. The number of furan rings is 1. The highest BCUT2D eigenvalue weighted by atomic mass is 35.5. The van der Waals surface area contributed by atoms with E-state index in [9.17, 15) is 9.59 Å². The summed E-state index contributed by atoms with van der Waals surface area (Å²) in [4.78, 5) is 24.4. The van der Waals surface area contributed by atoms with Gasteiger partial charge in [0, 0.05) is 5.39 Å². The van der Waals surface area contributed by atoms with Crippen LogP contribution in [0.25, 0.3) is 11.0 Å². The van der Waals surface area contributed by atoms with E-state index in [1.165, 1.54) is 0 Å². The molecule has 0 aliphatic heterocycles. The zero-order chi connectivity index (χ0) is 18.0. The molecule has 0 spiro atoms. The summed E-state index contributed by atoms with van der Waals surface area (Å²) in [5, 5.41) is 0.834. The van der Waals surface area contributed by atoms with Gasteiger partial charge in [0.05, 0.1) is 17.2 Å². The van der Waals surface area contributed by atoms with Gasteiger partial charge in [0.2, 0.25) is 0 Å². The van der Waals surface area contributed by atoms with Gasteiger partial charge in [0.15, 0.2) is 0 Å². The van der Waals surface area contributed by atoms with Gasteiger partial charge in [0.25, 0.3) is 0 Å². The van der Waals surface area contributed by atoms with E-state index in [0.717, 1.165) is 0 Å². The molecule has 6 heteroatoms. The molecule has 1 heterocycles. The van der Waals surface area contributed by atoms with Crippen molar-refractivity contribution in [2.75, 3.05) is 6.61 Å². The first-order chi connectivity index (χ1) is 12.0. The minimum atomic E-state index is -0.581. The predicted octanol–water partition coefficient (Wildman–Crippen LogP) is 4.79. The fourth-order valence-corrected chi connectivity index (χ4v) is 2.72. The van der Waals surface area contributed by atoms with Gasteiger partial charge in [-0.2, -0.15) is 0 Å². The smallest absolute Gasteiger partial charge is 0.345 e. The number of hydrogen-bond donors (Lipinski definition) is 0. The molecule has 3 aromatic rings. The van der Waals surface area contributed by atoms with Gasteiger partial charge < -0.3 is 13.9 Å². The number of benzene rings is 2. The molecule has 0 N–H and O–H groups in total. The maximum absolute atomic E-state index is 12.3. The van der Waals surface area contributed by atoms with Gasteiger partial charge >= 0.3 is 11.9 Å². The molecule has 0 atom stereocenters. The fraction of sp³-hybridized carbons (Fsp3) is 0.158. The molecule has 3 rings (SSSR count). The van der Waals surface area contributed by atoms with Crippen LogP contribution in [0.1, 0.15) is 33.4 Å². The summed E-state index contributed by atoms with van der Waals surface area (Å²) in [7, 11) is 0. The highest BCUT2D eigenvalue weighted by Gasteiger charge is 2.20. The third kappa shape index (κ3) is 3.37. The molecule has 0 saturated carbocycles. The molecule has 25 heavy (non-hydrogen) atoms. The molecule has 0 fully saturated rings. The number of ether oxygens (including phenoxy) is 2. The summed E-state index contributed by atoms with van der Waals surface area (Å²) in [5.74, 6) is -0.331. The molecule has 0 saturated heterocycles. The first kappa shape index (κ1) is 17.0. The third-order valence-corrected chi connectivity index (χ3v) is 3.95. The van der Waals surface area contributed by atoms with Gasteiger partial charge in [-0.15, -0.1) is 0 Å². The minimum absolute atomic E-state index is 0.256. The van der Waals surface area contributed by atoms with E-state index in [1.807, 2.05) is 0 Å². The zero-order valence-corrected chi connectivity index (χ0v) is 14.4. The number of carbonyl (C=O) groups excluding carboxylic acids is 2. The van der Waals surface area contributed by atoms with Crippen LogP contribution in [-0.4, -0.2) is 18.5 Å². The van der Waals surface area contributed by atoms with Crippen LogP contribution in [0.3, 0.4) is 0 Å². The molecule has 0 aliphatic rings. The number of rotatable bonds is 4. The van der Waals surface area contributed by atoms with Crippen molar-refractivity contribution >= 4 is 34.5 Å². The lowest BCUT2D eigenvalue weighted by Gasteiger charge is -2.06. The molecule has 0 radical (unpaired) electrons. The molecule has 1 aromatic heterocycles. The predicted molar refractivity (Wildman–Crippen MR) is 93.3 cm³/mol. The third-order valence-electron chi connectivity index (χ3n) is 3.62. The van der Waals surface area contributed by atoms with Gasteiger partial charge in [-0.1, -0.05) is 23.7 Å². The summed E-state index contributed by atoms with van der Waals surface area (Å²) in [5.41, 5.74) is 1.10. The van der Waals surface area contributed by atoms with Crippen LogP contribution in [0.4, 0.5) is 0 Å². The maximum atomic E-state index is 12.3. The van der Waals surface area contributed by atoms with Crippen molar-refractivity contribution in [3.8, 4) is 5.75 Å². The SMILES string of the molecule is CCOC(=O)c1c(C)oc2ccc(OC(=O)c3ccccc3Cl)cc12. The second-order valence-corrected chi connectivity index (χ2v) is 5.69. The number of esters is 2. The summed E-state index contributed by atoms with van der Waals surface area (Å²) < 4.78 is 16.0. The van der Waals surface area contributed by atoms with Crippen molar-refractivity contribution in [1.29, 1.82) is 0 Å². The van der Waals surface area contributed by atoms with Gasteiger partial charge in [-0.25, -0.2) is 9.59 Å². The lowest BCUT2D eigenvalue weighted by molar-refractivity contribution is 0.0526. The van der Waals surface area contributed by atoms with E-state index in [1.54, 1.807) is 56.3 Å². The van der Waals surface area contributed by atoms with E-state index < -0.39 is 11.9 Å². The van der Waals surface area contributed by atoms with Crippen molar-refractivity contribution in [2.24, 2.45) is 0 Å². The van der Waals surface area contributed by atoms with Crippen LogP contribution in [0.2, 0.25) is 5.02 Å². The van der Waals surface area contributed by atoms with Crippen LogP contribution in [-0.2, 0) is 4.74 Å². The number of hydrogen-bond acceptors (Lipinski definition) is 5. The van der Waals surface area contributed by atoms with E-state index in [2.05, 4.69) is 0 Å². The van der Waals surface area contributed by atoms with Crippen molar-refractivity contribution in [1.82, 2.24) is 0 Å². The number of aryl methyl sites for hydroxylation is 1. The average Bonchev–Trinajstić information content (AvgIpc) is 2.90. The Morgan fingerprint density at radius 3 is 2.60 bits per heavy atom. The molecule has 128 valence electrons. The topological polar surface area (TPSA) is 65.7 Å². The van der Waals surface area contributed by atoms with E-state index >= 15 is 0 Å². The average molecular weight is 359 g/mol. The first-order valence-electron chi connectivity index (χ1n) is 7.68. The Labute approximate surface area is 149 Å². The quantitative estimate of drug-likeness (QED) is 0.495. The molecular weight excluding hydrogens is 344 g/mol. The number of halogens is 1. The van der Waals surface area contributed by atoms with Crippen molar-refractivity contribution in [2.45, 2.75) is 13.8 Å². The normalized spacial score (nSPS) is 10.7. The van der Waals surface area contributed by atoms with E-state index in [4.69, 9.17) is 25.5 Å². The van der Waals surface area contributed by atoms with Crippen LogP contribution in [0.15, 0.2) is 46.9 Å². The Bertz CT molecular complexity index is 958. The summed E-state index contributed by atoms with van der Waals surface area (Å²) in [6, 6.07) is 11.4. The maximum Gasteiger partial charge on any atom is 0.345 e. The van der Waals surface area contributed by atoms with Crippen molar-refractivity contribution in [3.05, 3.63) is 64.4 Å². The van der Waals surface area contributed by atoms with Gasteiger partial charge in [-0.3, -0.25) is 0 Å². The molecular formula is C19H15ClO5. The largest absolute Gasteiger partial charge is 0.462 e. The monoisotopic (exact) mass is 358 g/mol. The molecule has 2 aromatic carbocycles. The molecule has 0 aliphatic carbocycles. The summed E-state index contributed by atoms with van der Waals surface area (Å²) >= 11 is 6.01. The van der Waals surface area contributed by atoms with Crippen LogP contribution in [0, 0.1) is 6.92 Å². The van der Waals surface area contributed by atoms with Crippen LogP contribution >= 0.6 is 11.6 Å². The molecule has 0 unspecified atom stereocenters.